The Bertz CT molecular complexity index is 413. The topological polar surface area (TPSA) is 42.2 Å². The van der Waals surface area contributed by atoms with Crippen LogP contribution in [-0.4, -0.2) is 13.2 Å². The molecule has 1 aromatic carbocycles. The predicted octanol–water partition coefficient (Wildman–Crippen LogP) is 2.27. The fourth-order valence-corrected chi connectivity index (χ4v) is 1.52. The SMILES string of the molecule is N#Cc1c(F)cc(C2OCCCO2)cc1F. The summed E-state index contributed by atoms with van der Waals surface area (Å²) >= 11 is 0. The first-order chi connectivity index (χ1) is 7.72. The highest BCUT2D eigenvalue weighted by Crippen LogP contribution is 2.25. The molecule has 0 bridgehead atoms. The van der Waals surface area contributed by atoms with E-state index in [0.717, 1.165) is 18.6 Å². The van der Waals surface area contributed by atoms with Crippen LogP contribution in [0.1, 0.15) is 23.8 Å². The maximum Gasteiger partial charge on any atom is 0.183 e. The molecule has 5 heteroatoms. The van der Waals surface area contributed by atoms with E-state index in [1.54, 1.807) is 0 Å². The van der Waals surface area contributed by atoms with Gasteiger partial charge in [-0.15, -0.1) is 0 Å². The van der Waals surface area contributed by atoms with Crippen LogP contribution in [0.15, 0.2) is 12.1 Å². The van der Waals surface area contributed by atoms with Crippen LogP contribution in [-0.2, 0) is 9.47 Å². The van der Waals surface area contributed by atoms with Crippen molar-refractivity contribution in [3.63, 3.8) is 0 Å². The quantitative estimate of drug-likeness (QED) is 0.736. The Morgan fingerprint density at radius 1 is 1.19 bits per heavy atom. The highest BCUT2D eigenvalue weighted by atomic mass is 19.1. The average Bonchev–Trinajstić information content (AvgIpc) is 2.30. The highest BCUT2D eigenvalue weighted by Gasteiger charge is 2.20. The molecule has 0 N–H and O–H groups in total. The van der Waals surface area contributed by atoms with Crippen LogP contribution in [0.25, 0.3) is 0 Å². The van der Waals surface area contributed by atoms with Crippen molar-refractivity contribution in [2.75, 3.05) is 13.2 Å². The summed E-state index contributed by atoms with van der Waals surface area (Å²) in [7, 11) is 0. The zero-order valence-electron chi connectivity index (χ0n) is 8.37. The van der Waals surface area contributed by atoms with E-state index in [1.807, 2.05) is 0 Å². The minimum Gasteiger partial charge on any atom is -0.348 e. The first-order valence-electron chi connectivity index (χ1n) is 4.84. The number of hydrogen-bond donors (Lipinski definition) is 0. The smallest absolute Gasteiger partial charge is 0.183 e. The van der Waals surface area contributed by atoms with E-state index in [-0.39, 0.29) is 5.56 Å². The van der Waals surface area contributed by atoms with Crippen molar-refractivity contribution in [3.8, 4) is 6.07 Å². The van der Waals surface area contributed by atoms with Crippen LogP contribution in [0, 0.1) is 23.0 Å². The number of hydrogen-bond acceptors (Lipinski definition) is 3. The second kappa shape index (κ2) is 4.56. The van der Waals surface area contributed by atoms with Crippen molar-refractivity contribution in [1.82, 2.24) is 0 Å². The van der Waals surface area contributed by atoms with Crippen LogP contribution >= 0.6 is 0 Å². The Hall–Kier alpha value is -1.51. The Balaban J connectivity index is 2.32. The Labute approximate surface area is 91.2 Å². The van der Waals surface area contributed by atoms with E-state index in [0.29, 0.717) is 13.2 Å². The Kier molecular flexibility index (Phi) is 3.13. The van der Waals surface area contributed by atoms with Crippen molar-refractivity contribution in [1.29, 1.82) is 5.26 Å². The third-order valence-electron chi connectivity index (χ3n) is 2.28. The normalized spacial score (nSPS) is 17.1. The van der Waals surface area contributed by atoms with Gasteiger partial charge in [-0.25, -0.2) is 8.78 Å². The average molecular weight is 225 g/mol. The van der Waals surface area contributed by atoms with Crippen LogP contribution in [0.3, 0.4) is 0 Å². The van der Waals surface area contributed by atoms with Gasteiger partial charge in [0.2, 0.25) is 0 Å². The molecule has 2 rings (SSSR count). The molecule has 0 aliphatic carbocycles. The molecular weight excluding hydrogens is 216 g/mol. The molecule has 84 valence electrons. The lowest BCUT2D eigenvalue weighted by Gasteiger charge is -2.23. The Morgan fingerprint density at radius 2 is 1.75 bits per heavy atom. The van der Waals surface area contributed by atoms with Gasteiger partial charge in [-0.2, -0.15) is 5.26 Å². The van der Waals surface area contributed by atoms with Crippen LogP contribution in [0.4, 0.5) is 8.78 Å². The van der Waals surface area contributed by atoms with E-state index >= 15 is 0 Å². The van der Waals surface area contributed by atoms with E-state index in [9.17, 15) is 8.78 Å². The third-order valence-corrected chi connectivity index (χ3v) is 2.28. The largest absolute Gasteiger partial charge is 0.348 e. The van der Waals surface area contributed by atoms with Gasteiger partial charge in [-0.05, 0) is 18.6 Å². The summed E-state index contributed by atoms with van der Waals surface area (Å²) in [6, 6.07) is 3.60. The lowest BCUT2D eigenvalue weighted by Crippen LogP contribution is -2.18. The molecular formula is C11H9F2NO2. The highest BCUT2D eigenvalue weighted by molar-refractivity contribution is 5.35. The van der Waals surface area contributed by atoms with Gasteiger partial charge in [0.05, 0.1) is 13.2 Å². The maximum atomic E-state index is 13.3. The van der Waals surface area contributed by atoms with Gasteiger partial charge in [-0.3, -0.25) is 0 Å². The molecule has 1 aliphatic rings. The van der Waals surface area contributed by atoms with Crippen molar-refractivity contribution >= 4 is 0 Å². The van der Waals surface area contributed by atoms with Crippen LogP contribution in [0.5, 0.6) is 0 Å². The first kappa shape index (κ1) is 11.0. The molecule has 0 spiro atoms. The predicted molar refractivity (Wildman–Crippen MR) is 50.3 cm³/mol. The summed E-state index contributed by atoms with van der Waals surface area (Å²) in [6.07, 6.45) is 0.0167. The molecule has 0 unspecified atom stereocenters. The molecule has 0 amide bonds. The fourth-order valence-electron chi connectivity index (χ4n) is 1.52. The van der Waals surface area contributed by atoms with Crippen LogP contribution < -0.4 is 0 Å². The van der Waals surface area contributed by atoms with Crippen LogP contribution in [0.2, 0.25) is 0 Å². The number of rotatable bonds is 1. The molecule has 1 saturated heterocycles. The summed E-state index contributed by atoms with van der Waals surface area (Å²) in [5.74, 6) is -1.79. The maximum absolute atomic E-state index is 13.3. The second-order valence-corrected chi connectivity index (χ2v) is 3.40. The molecule has 0 atom stereocenters. The minimum absolute atomic E-state index is 0.258. The fraction of sp³-hybridized carbons (Fsp3) is 0.364. The summed E-state index contributed by atoms with van der Waals surface area (Å²) in [6.45, 7) is 0.988. The van der Waals surface area contributed by atoms with Crippen molar-refractivity contribution in [3.05, 3.63) is 34.9 Å². The number of benzene rings is 1. The van der Waals surface area contributed by atoms with Gasteiger partial charge >= 0.3 is 0 Å². The summed E-state index contributed by atoms with van der Waals surface area (Å²) < 4.78 is 37.0. The van der Waals surface area contributed by atoms with Gasteiger partial charge in [0.15, 0.2) is 6.29 Å². The van der Waals surface area contributed by atoms with Gasteiger partial charge in [0, 0.05) is 5.56 Å². The van der Waals surface area contributed by atoms with E-state index in [2.05, 4.69) is 0 Å². The van der Waals surface area contributed by atoms with Crippen molar-refractivity contribution in [2.24, 2.45) is 0 Å². The summed E-state index contributed by atoms with van der Waals surface area (Å²) in [5, 5.41) is 8.51. The number of nitriles is 1. The van der Waals surface area contributed by atoms with E-state index < -0.39 is 23.5 Å². The van der Waals surface area contributed by atoms with Gasteiger partial charge in [-0.1, -0.05) is 0 Å². The number of halogens is 2. The third kappa shape index (κ3) is 2.03. The van der Waals surface area contributed by atoms with E-state index in [4.69, 9.17) is 14.7 Å². The molecule has 3 nitrogen and oxygen atoms in total. The number of nitrogens with zero attached hydrogens (tertiary/aromatic N) is 1. The zero-order valence-corrected chi connectivity index (χ0v) is 8.37. The first-order valence-corrected chi connectivity index (χ1v) is 4.84. The molecule has 0 aromatic heterocycles. The summed E-state index contributed by atoms with van der Waals surface area (Å²) in [4.78, 5) is 0. The Morgan fingerprint density at radius 3 is 2.25 bits per heavy atom. The second-order valence-electron chi connectivity index (χ2n) is 3.40. The lowest BCUT2D eigenvalue weighted by molar-refractivity contribution is -0.183. The van der Waals surface area contributed by atoms with Gasteiger partial charge in [0.1, 0.15) is 23.3 Å². The number of ether oxygens (including phenoxy) is 2. The molecule has 1 fully saturated rings. The lowest BCUT2D eigenvalue weighted by atomic mass is 10.1. The van der Waals surface area contributed by atoms with Crippen molar-refractivity contribution in [2.45, 2.75) is 12.7 Å². The molecule has 16 heavy (non-hydrogen) atoms. The van der Waals surface area contributed by atoms with Gasteiger partial charge < -0.3 is 9.47 Å². The molecule has 1 heterocycles. The molecule has 1 aromatic rings. The monoisotopic (exact) mass is 225 g/mol. The van der Waals surface area contributed by atoms with Crippen molar-refractivity contribution < 1.29 is 18.3 Å². The molecule has 1 aliphatic heterocycles. The van der Waals surface area contributed by atoms with Gasteiger partial charge in [0.25, 0.3) is 0 Å². The molecule has 0 saturated carbocycles. The standard InChI is InChI=1S/C11H9F2NO2/c12-9-4-7(5-10(13)8(9)6-14)11-15-2-1-3-16-11/h4-5,11H,1-3H2. The minimum atomic E-state index is -0.893. The molecule has 0 radical (unpaired) electrons. The van der Waals surface area contributed by atoms with E-state index in [1.165, 1.54) is 6.07 Å². The summed E-state index contributed by atoms with van der Waals surface area (Å²) in [5.41, 5.74) is -0.326. The zero-order chi connectivity index (χ0) is 11.5.